The smallest absolute Gasteiger partial charge is 0.234 e. The third-order valence-corrected chi connectivity index (χ3v) is 5.30. The number of piperidine rings is 1. The predicted octanol–water partition coefficient (Wildman–Crippen LogP) is 2.59. The summed E-state index contributed by atoms with van der Waals surface area (Å²) in [6.07, 6.45) is 3.23. The second-order valence-corrected chi connectivity index (χ2v) is 7.83. The summed E-state index contributed by atoms with van der Waals surface area (Å²) in [5.41, 5.74) is 1.34. The highest BCUT2D eigenvalue weighted by atomic mass is 79.9. The van der Waals surface area contributed by atoms with Crippen LogP contribution in [0.5, 0.6) is 0 Å². The van der Waals surface area contributed by atoms with Crippen LogP contribution in [0.1, 0.15) is 31.7 Å². The first-order valence-electron chi connectivity index (χ1n) is 7.62. The lowest BCUT2D eigenvalue weighted by Crippen LogP contribution is -2.46. The van der Waals surface area contributed by atoms with Gasteiger partial charge in [0.25, 0.3) is 0 Å². The normalized spacial score (nSPS) is 17.0. The van der Waals surface area contributed by atoms with Gasteiger partial charge in [-0.1, -0.05) is 6.92 Å². The van der Waals surface area contributed by atoms with Gasteiger partial charge in [0.2, 0.25) is 5.91 Å². The van der Waals surface area contributed by atoms with Crippen molar-refractivity contribution >= 4 is 33.2 Å². The second kappa shape index (κ2) is 8.88. The van der Waals surface area contributed by atoms with Gasteiger partial charge in [-0.3, -0.25) is 9.69 Å². The van der Waals surface area contributed by atoms with E-state index in [9.17, 15) is 4.79 Å². The average Bonchev–Trinajstić information content (AvgIpc) is 2.90. The van der Waals surface area contributed by atoms with Crippen LogP contribution >= 0.6 is 27.3 Å². The number of thiophene rings is 1. The zero-order chi connectivity index (χ0) is 15.1. The lowest BCUT2D eigenvalue weighted by atomic mass is 10.0. The first-order valence-corrected chi connectivity index (χ1v) is 9.30. The summed E-state index contributed by atoms with van der Waals surface area (Å²) >= 11 is 5.22. The van der Waals surface area contributed by atoms with Crippen molar-refractivity contribution in [1.82, 2.24) is 15.5 Å². The largest absolute Gasteiger partial charge is 0.355 e. The molecule has 1 aliphatic heterocycles. The summed E-state index contributed by atoms with van der Waals surface area (Å²) in [6, 6.07) is 2.74. The van der Waals surface area contributed by atoms with Gasteiger partial charge in [0, 0.05) is 32.2 Å². The molecular weight excluding hydrogens is 350 g/mol. The van der Waals surface area contributed by atoms with Gasteiger partial charge in [0.05, 0.1) is 10.3 Å². The minimum absolute atomic E-state index is 0.159. The van der Waals surface area contributed by atoms with Crippen LogP contribution in [0.2, 0.25) is 0 Å². The number of likely N-dealkylation sites (tertiary alicyclic amines) is 1. The van der Waals surface area contributed by atoms with E-state index < -0.39 is 0 Å². The van der Waals surface area contributed by atoms with Crippen LogP contribution in [0.15, 0.2) is 15.2 Å². The lowest BCUT2D eigenvalue weighted by molar-refractivity contribution is -0.122. The van der Waals surface area contributed by atoms with Gasteiger partial charge in [-0.15, -0.1) is 11.3 Å². The first kappa shape index (κ1) is 16.9. The van der Waals surface area contributed by atoms with Gasteiger partial charge in [-0.25, -0.2) is 0 Å². The molecule has 0 bridgehead atoms. The molecule has 118 valence electrons. The maximum absolute atomic E-state index is 11.7. The van der Waals surface area contributed by atoms with Crippen molar-refractivity contribution < 1.29 is 4.79 Å². The fourth-order valence-corrected chi connectivity index (χ4v) is 3.73. The van der Waals surface area contributed by atoms with Gasteiger partial charge in [-0.2, -0.15) is 0 Å². The SMILES string of the molecule is CCCNC(=O)CN1CCC(NCc2csc(Br)c2)CC1. The van der Waals surface area contributed by atoms with Crippen LogP contribution in [0, 0.1) is 0 Å². The van der Waals surface area contributed by atoms with E-state index in [2.05, 4.69) is 49.8 Å². The maximum Gasteiger partial charge on any atom is 0.234 e. The van der Waals surface area contributed by atoms with E-state index in [0.29, 0.717) is 12.6 Å². The van der Waals surface area contributed by atoms with E-state index >= 15 is 0 Å². The quantitative estimate of drug-likeness (QED) is 0.771. The molecule has 0 aromatic carbocycles. The van der Waals surface area contributed by atoms with E-state index in [0.717, 1.165) is 45.4 Å². The number of carbonyl (C=O) groups excluding carboxylic acids is 1. The van der Waals surface area contributed by atoms with Crippen molar-refractivity contribution in [3.8, 4) is 0 Å². The fourth-order valence-electron chi connectivity index (χ4n) is 2.52. The fraction of sp³-hybridized carbons (Fsp3) is 0.667. The van der Waals surface area contributed by atoms with Crippen molar-refractivity contribution in [2.24, 2.45) is 0 Å². The maximum atomic E-state index is 11.7. The van der Waals surface area contributed by atoms with Gasteiger partial charge < -0.3 is 10.6 Å². The van der Waals surface area contributed by atoms with E-state index in [1.165, 1.54) is 9.35 Å². The Bertz CT molecular complexity index is 444. The number of carbonyl (C=O) groups is 1. The molecule has 1 aromatic rings. The molecule has 1 amide bonds. The molecule has 1 aromatic heterocycles. The van der Waals surface area contributed by atoms with Crippen LogP contribution in [0.3, 0.4) is 0 Å². The molecule has 2 rings (SSSR count). The van der Waals surface area contributed by atoms with Crippen molar-refractivity contribution in [3.05, 3.63) is 20.8 Å². The summed E-state index contributed by atoms with van der Waals surface area (Å²) in [6.45, 7) is 6.35. The Balaban J connectivity index is 1.62. The van der Waals surface area contributed by atoms with Crippen LogP contribution < -0.4 is 10.6 Å². The number of hydrogen-bond acceptors (Lipinski definition) is 4. The van der Waals surface area contributed by atoms with Crippen LogP contribution in [0.4, 0.5) is 0 Å². The lowest BCUT2D eigenvalue weighted by Gasteiger charge is -2.31. The molecule has 2 heterocycles. The Morgan fingerprint density at radius 1 is 1.48 bits per heavy atom. The Kier molecular flexibility index (Phi) is 7.16. The Hall–Kier alpha value is -0.430. The number of rotatable bonds is 7. The molecule has 1 aliphatic rings. The van der Waals surface area contributed by atoms with Crippen molar-refractivity contribution in [2.45, 2.75) is 38.8 Å². The number of amides is 1. The number of nitrogens with one attached hydrogen (secondary N) is 2. The third-order valence-electron chi connectivity index (χ3n) is 3.74. The van der Waals surface area contributed by atoms with Gasteiger partial charge in [0.15, 0.2) is 0 Å². The molecule has 0 saturated carbocycles. The van der Waals surface area contributed by atoms with Crippen molar-refractivity contribution in [3.63, 3.8) is 0 Å². The molecule has 0 unspecified atom stereocenters. The highest BCUT2D eigenvalue weighted by molar-refractivity contribution is 9.11. The number of hydrogen-bond donors (Lipinski definition) is 2. The minimum Gasteiger partial charge on any atom is -0.355 e. The van der Waals surface area contributed by atoms with Gasteiger partial charge in [0.1, 0.15) is 0 Å². The molecule has 0 aliphatic carbocycles. The van der Waals surface area contributed by atoms with E-state index in [1.807, 2.05) is 0 Å². The molecule has 0 atom stereocenters. The van der Waals surface area contributed by atoms with E-state index in [4.69, 9.17) is 0 Å². The molecule has 6 heteroatoms. The average molecular weight is 374 g/mol. The molecular formula is C15H24BrN3OS. The first-order chi connectivity index (χ1) is 10.2. The molecule has 21 heavy (non-hydrogen) atoms. The van der Waals surface area contributed by atoms with E-state index in [1.54, 1.807) is 11.3 Å². The highest BCUT2D eigenvalue weighted by Gasteiger charge is 2.20. The summed E-state index contributed by atoms with van der Waals surface area (Å²) in [5.74, 6) is 0.159. The third kappa shape index (κ3) is 6.06. The number of halogens is 1. The van der Waals surface area contributed by atoms with Crippen molar-refractivity contribution in [1.29, 1.82) is 0 Å². The molecule has 2 N–H and O–H groups in total. The molecule has 4 nitrogen and oxygen atoms in total. The zero-order valence-electron chi connectivity index (χ0n) is 12.5. The zero-order valence-corrected chi connectivity index (χ0v) is 14.9. The molecule has 1 fully saturated rings. The standard InChI is InChI=1S/C15H24BrN3OS/c1-2-5-17-15(20)10-19-6-3-13(4-7-19)18-9-12-8-14(16)21-11-12/h8,11,13,18H,2-7,9-10H2,1H3,(H,17,20). The Labute approximate surface area is 139 Å². The predicted molar refractivity (Wildman–Crippen MR) is 91.6 cm³/mol. The molecule has 0 radical (unpaired) electrons. The molecule has 0 spiro atoms. The Morgan fingerprint density at radius 3 is 2.86 bits per heavy atom. The Morgan fingerprint density at radius 2 is 2.24 bits per heavy atom. The van der Waals surface area contributed by atoms with Crippen molar-refractivity contribution in [2.75, 3.05) is 26.2 Å². The second-order valence-electron chi connectivity index (χ2n) is 5.54. The van der Waals surface area contributed by atoms with E-state index in [-0.39, 0.29) is 5.91 Å². The summed E-state index contributed by atoms with van der Waals surface area (Å²) in [7, 11) is 0. The van der Waals surface area contributed by atoms with Crippen LogP contribution in [-0.2, 0) is 11.3 Å². The summed E-state index contributed by atoms with van der Waals surface area (Å²) in [5, 5.41) is 8.74. The monoisotopic (exact) mass is 373 g/mol. The van der Waals surface area contributed by atoms with Gasteiger partial charge in [-0.05, 0) is 52.2 Å². The minimum atomic E-state index is 0.159. The summed E-state index contributed by atoms with van der Waals surface area (Å²) < 4.78 is 1.19. The van der Waals surface area contributed by atoms with Crippen LogP contribution in [-0.4, -0.2) is 43.0 Å². The summed E-state index contributed by atoms with van der Waals surface area (Å²) in [4.78, 5) is 13.9. The van der Waals surface area contributed by atoms with Crippen LogP contribution in [0.25, 0.3) is 0 Å². The van der Waals surface area contributed by atoms with Gasteiger partial charge >= 0.3 is 0 Å². The number of nitrogens with zero attached hydrogens (tertiary/aromatic N) is 1. The topological polar surface area (TPSA) is 44.4 Å². The molecule has 1 saturated heterocycles. The highest BCUT2D eigenvalue weighted by Crippen LogP contribution is 2.21.